The maximum atomic E-state index is 12.8. The van der Waals surface area contributed by atoms with Crippen molar-refractivity contribution < 1.29 is 24.2 Å². The van der Waals surface area contributed by atoms with Crippen LogP contribution in [0.3, 0.4) is 0 Å². The number of benzene rings is 2. The fourth-order valence-electron chi connectivity index (χ4n) is 4.40. The van der Waals surface area contributed by atoms with Crippen LogP contribution in [0, 0.1) is 0 Å². The minimum absolute atomic E-state index is 0.114. The molecule has 1 atom stereocenters. The first-order chi connectivity index (χ1) is 15.5. The summed E-state index contributed by atoms with van der Waals surface area (Å²) in [7, 11) is 1.48. The van der Waals surface area contributed by atoms with E-state index in [1.807, 2.05) is 6.07 Å². The van der Waals surface area contributed by atoms with Crippen LogP contribution in [0.5, 0.6) is 11.5 Å². The molecule has 0 bridgehead atoms. The molecular formula is C24H27N3O5. The van der Waals surface area contributed by atoms with Crippen molar-refractivity contribution in [2.45, 2.75) is 37.5 Å². The van der Waals surface area contributed by atoms with E-state index in [9.17, 15) is 14.7 Å². The zero-order valence-electron chi connectivity index (χ0n) is 18.0. The lowest BCUT2D eigenvalue weighted by Gasteiger charge is -2.30. The molecule has 2 aliphatic heterocycles. The Balaban J connectivity index is 1.21. The summed E-state index contributed by atoms with van der Waals surface area (Å²) in [5, 5.41) is 16.1. The highest BCUT2D eigenvalue weighted by molar-refractivity contribution is 6.05. The topological polar surface area (TPSA) is 100 Å². The number of hydrogen-bond acceptors (Lipinski definition) is 6. The molecule has 3 aliphatic rings. The van der Waals surface area contributed by atoms with Gasteiger partial charge in [-0.2, -0.15) is 0 Å². The fraction of sp³-hybridized carbons (Fsp3) is 0.417. The van der Waals surface area contributed by atoms with Crippen molar-refractivity contribution in [2.24, 2.45) is 0 Å². The Bertz CT molecular complexity index is 1070. The molecule has 1 saturated carbocycles. The van der Waals surface area contributed by atoms with Gasteiger partial charge in [-0.25, -0.2) is 0 Å². The lowest BCUT2D eigenvalue weighted by molar-refractivity contribution is -0.125. The van der Waals surface area contributed by atoms with Gasteiger partial charge in [0.15, 0.2) is 5.60 Å². The number of aliphatic hydroxyl groups excluding tert-OH is 1. The smallest absolute Gasteiger partial charge is 0.268 e. The van der Waals surface area contributed by atoms with Crippen molar-refractivity contribution in [2.75, 3.05) is 32.1 Å². The minimum atomic E-state index is -0.763. The first-order valence-corrected chi connectivity index (χ1v) is 11.0. The lowest BCUT2D eigenvalue weighted by Crippen LogP contribution is -2.42. The van der Waals surface area contributed by atoms with Crippen molar-refractivity contribution in [1.82, 2.24) is 10.2 Å². The molecule has 0 saturated heterocycles. The molecule has 1 fully saturated rings. The van der Waals surface area contributed by atoms with Gasteiger partial charge >= 0.3 is 0 Å². The van der Waals surface area contributed by atoms with Crippen molar-refractivity contribution in [3.05, 3.63) is 53.1 Å². The number of ether oxygens (including phenoxy) is 2. The summed E-state index contributed by atoms with van der Waals surface area (Å²) < 4.78 is 11.2. The number of amides is 2. The van der Waals surface area contributed by atoms with Gasteiger partial charge in [0, 0.05) is 45.1 Å². The SMILES string of the molecule is COc1cc2c(cc1C(=O)NC[C@H](O)CN1CCc3ccccc3C1)NC(=O)C1(CC1)O2. The highest BCUT2D eigenvalue weighted by Gasteiger charge is 2.55. The second-order valence-corrected chi connectivity index (χ2v) is 8.72. The van der Waals surface area contributed by atoms with E-state index in [2.05, 4.69) is 33.7 Å². The van der Waals surface area contributed by atoms with Crippen molar-refractivity contribution in [3.8, 4) is 11.5 Å². The Labute approximate surface area is 186 Å². The zero-order chi connectivity index (χ0) is 22.3. The molecule has 0 radical (unpaired) electrons. The van der Waals surface area contributed by atoms with Crippen LogP contribution in [0.2, 0.25) is 0 Å². The third-order valence-electron chi connectivity index (χ3n) is 6.39. The molecule has 1 spiro atoms. The van der Waals surface area contributed by atoms with Gasteiger partial charge in [-0.05, 0) is 23.6 Å². The van der Waals surface area contributed by atoms with Gasteiger partial charge < -0.3 is 25.2 Å². The summed E-state index contributed by atoms with van der Waals surface area (Å²) in [4.78, 5) is 27.3. The largest absolute Gasteiger partial charge is 0.496 e. The molecule has 2 aromatic rings. The number of anilines is 1. The third-order valence-corrected chi connectivity index (χ3v) is 6.39. The van der Waals surface area contributed by atoms with Crippen LogP contribution in [0.15, 0.2) is 36.4 Å². The van der Waals surface area contributed by atoms with E-state index in [0.717, 1.165) is 19.5 Å². The number of nitrogens with zero attached hydrogens (tertiary/aromatic N) is 1. The number of nitrogens with one attached hydrogen (secondary N) is 2. The average Bonchev–Trinajstić information content (AvgIpc) is 3.57. The summed E-state index contributed by atoms with van der Waals surface area (Å²) in [6.45, 7) is 2.26. The van der Waals surface area contributed by atoms with Gasteiger partial charge in [0.1, 0.15) is 11.5 Å². The summed E-state index contributed by atoms with van der Waals surface area (Å²) in [6, 6.07) is 11.5. The van der Waals surface area contributed by atoms with Crippen LogP contribution >= 0.6 is 0 Å². The quantitative estimate of drug-likeness (QED) is 0.636. The molecular weight excluding hydrogens is 410 g/mol. The van der Waals surface area contributed by atoms with E-state index in [-0.39, 0.29) is 23.9 Å². The first kappa shape index (κ1) is 20.8. The molecule has 2 heterocycles. The van der Waals surface area contributed by atoms with Crippen LogP contribution in [0.25, 0.3) is 0 Å². The minimum Gasteiger partial charge on any atom is -0.496 e. The number of carbonyl (C=O) groups excluding carboxylic acids is 2. The molecule has 168 valence electrons. The monoisotopic (exact) mass is 437 g/mol. The van der Waals surface area contributed by atoms with Gasteiger partial charge in [-0.1, -0.05) is 24.3 Å². The van der Waals surface area contributed by atoms with Gasteiger partial charge in [0.25, 0.3) is 11.8 Å². The van der Waals surface area contributed by atoms with Crippen molar-refractivity contribution in [3.63, 3.8) is 0 Å². The number of fused-ring (bicyclic) bond motifs is 2. The van der Waals surface area contributed by atoms with Gasteiger partial charge in [-0.3, -0.25) is 14.5 Å². The van der Waals surface area contributed by atoms with E-state index in [1.165, 1.54) is 18.2 Å². The highest BCUT2D eigenvalue weighted by atomic mass is 16.5. The summed E-state index contributed by atoms with van der Waals surface area (Å²) in [6.07, 6.45) is 1.62. The summed E-state index contributed by atoms with van der Waals surface area (Å²) >= 11 is 0. The van der Waals surface area contributed by atoms with Crippen LogP contribution in [-0.2, 0) is 17.8 Å². The molecule has 32 heavy (non-hydrogen) atoms. The first-order valence-electron chi connectivity index (χ1n) is 11.0. The molecule has 3 N–H and O–H groups in total. The Morgan fingerprint density at radius 3 is 2.84 bits per heavy atom. The summed E-state index contributed by atoms with van der Waals surface area (Å²) in [5.74, 6) is 0.296. The second-order valence-electron chi connectivity index (χ2n) is 8.72. The molecule has 8 nitrogen and oxygen atoms in total. The normalized spacial score (nSPS) is 19.2. The predicted molar refractivity (Wildman–Crippen MR) is 118 cm³/mol. The number of methoxy groups -OCH3 is 1. The summed E-state index contributed by atoms with van der Waals surface area (Å²) in [5.41, 5.74) is 2.61. The van der Waals surface area contributed by atoms with E-state index in [4.69, 9.17) is 9.47 Å². The van der Waals surface area contributed by atoms with Crippen LogP contribution < -0.4 is 20.1 Å². The number of aliphatic hydroxyl groups is 1. The Morgan fingerprint density at radius 2 is 2.09 bits per heavy atom. The Morgan fingerprint density at radius 1 is 1.31 bits per heavy atom. The zero-order valence-corrected chi connectivity index (χ0v) is 18.0. The molecule has 8 heteroatoms. The van der Waals surface area contributed by atoms with Gasteiger partial charge in [0.2, 0.25) is 0 Å². The number of β-amino-alcohol motifs (C(OH)–C–C–N with tert-alkyl or cyclic N) is 1. The second kappa shape index (κ2) is 8.11. The van der Waals surface area contributed by atoms with Crippen LogP contribution in [0.1, 0.15) is 34.3 Å². The Kier molecular flexibility index (Phi) is 5.27. The van der Waals surface area contributed by atoms with Crippen LogP contribution in [0.4, 0.5) is 5.69 Å². The number of hydrogen-bond donors (Lipinski definition) is 3. The van der Waals surface area contributed by atoms with Crippen molar-refractivity contribution in [1.29, 1.82) is 0 Å². The van der Waals surface area contributed by atoms with Crippen molar-refractivity contribution >= 4 is 17.5 Å². The van der Waals surface area contributed by atoms with Crippen LogP contribution in [-0.4, -0.2) is 60.3 Å². The molecule has 0 unspecified atom stereocenters. The van der Waals surface area contributed by atoms with E-state index in [1.54, 1.807) is 12.1 Å². The maximum Gasteiger partial charge on any atom is 0.268 e. The van der Waals surface area contributed by atoms with Gasteiger partial charge in [0.05, 0.1) is 24.5 Å². The van der Waals surface area contributed by atoms with E-state index in [0.29, 0.717) is 36.6 Å². The maximum absolute atomic E-state index is 12.8. The predicted octanol–water partition coefficient (Wildman–Crippen LogP) is 1.71. The fourth-order valence-corrected chi connectivity index (χ4v) is 4.40. The molecule has 0 aromatic heterocycles. The third kappa shape index (κ3) is 3.91. The molecule has 1 aliphatic carbocycles. The van der Waals surface area contributed by atoms with Gasteiger partial charge in [-0.15, -0.1) is 0 Å². The lowest BCUT2D eigenvalue weighted by atomic mass is 10.00. The highest BCUT2D eigenvalue weighted by Crippen LogP contribution is 2.48. The number of carbonyl (C=O) groups is 2. The molecule has 2 amide bonds. The standard InChI is InChI=1S/C24H27N3O5/c1-31-20-11-21-19(26-23(30)24(32-21)7-8-24)10-18(20)22(29)25-12-17(28)14-27-9-6-15-4-2-3-5-16(15)13-27/h2-5,10-11,17,28H,6-9,12-14H2,1H3,(H,25,29)(H,26,30)/t17-/m0/s1. The van der Waals surface area contributed by atoms with E-state index < -0.39 is 11.7 Å². The number of rotatable bonds is 6. The van der Waals surface area contributed by atoms with E-state index >= 15 is 0 Å². The Hall–Kier alpha value is -3.10. The molecule has 2 aromatic carbocycles. The average molecular weight is 437 g/mol. The molecule has 5 rings (SSSR count).